The highest BCUT2D eigenvalue weighted by Gasteiger charge is 2.30. The fourth-order valence-corrected chi connectivity index (χ4v) is 2.58. The van der Waals surface area contributed by atoms with Crippen molar-refractivity contribution in [2.45, 2.75) is 57.8 Å². The van der Waals surface area contributed by atoms with Crippen LogP contribution in [0, 0.1) is 5.92 Å². The summed E-state index contributed by atoms with van der Waals surface area (Å²) in [6, 6.07) is -4.64. The lowest BCUT2D eigenvalue weighted by molar-refractivity contribution is -0.143. The van der Waals surface area contributed by atoms with Crippen LogP contribution in [-0.4, -0.2) is 76.0 Å². The van der Waals surface area contributed by atoms with Crippen LogP contribution >= 0.6 is 11.8 Å². The molecule has 166 valence electrons. The maximum absolute atomic E-state index is 12.6. The molecule has 0 fully saturated rings. The number of aliphatic carboxylic acids is 2. The smallest absolute Gasteiger partial charge is 0.325 e. The molecule has 0 rings (SSSR count). The Morgan fingerprint density at radius 2 is 1.41 bits per heavy atom. The molecule has 0 radical (unpaired) electrons. The van der Waals surface area contributed by atoms with Crippen LogP contribution in [-0.2, 0) is 24.0 Å². The lowest BCUT2D eigenvalue weighted by Crippen LogP contribution is -2.57. The van der Waals surface area contributed by atoms with Gasteiger partial charge >= 0.3 is 11.9 Å². The van der Waals surface area contributed by atoms with Gasteiger partial charge < -0.3 is 31.9 Å². The number of carbonyl (C=O) groups is 5. The van der Waals surface area contributed by atoms with Crippen molar-refractivity contribution in [1.82, 2.24) is 16.0 Å². The molecule has 0 saturated carbocycles. The number of nitrogens with two attached hydrogens (primary N) is 1. The lowest BCUT2D eigenvalue weighted by atomic mass is 10.0. The third-order valence-corrected chi connectivity index (χ3v) is 4.65. The molecule has 0 saturated heterocycles. The average molecular weight is 435 g/mol. The molecule has 3 amide bonds. The molecule has 12 heteroatoms. The van der Waals surface area contributed by atoms with Gasteiger partial charge in [0.15, 0.2) is 0 Å². The summed E-state index contributed by atoms with van der Waals surface area (Å²) < 4.78 is 0. The number of hydrogen-bond acceptors (Lipinski definition) is 7. The zero-order chi connectivity index (χ0) is 22.7. The molecular weight excluding hydrogens is 404 g/mol. The zero-order valence-electron chi connectivity index (χ0n) is 16.9. The van der Waals surface area contributed by atoms with Crippen molar-refractivity contribution in [3.05, 3.63) is 0 Å². The molecule has 29 heavy (non-hydrogen) atoms. The van der Waals surface area contributed by atoms with Crippen LogP contribution in [0.2, 0.25) is 0 Å². The van der Waals surface area contributed by atoms with Crippen LogP contribution < -0.4 is 21.7 Å². The van der Waals surface area contributed by atoms with Crippen LogP contribution in [0.1, 0.15) is 33.6 Å². The largest absolute Gasteiger partial charge is 0.481 e. The number of hydrogen-bond donors (Lipinski definition) is 6. The van der Waals surface area contributed by atoms with Crippen LogP contribution in [0.15, 0.2) is 0 Å². The van der Waals surface area contributed by atoms with E-state index in [1.54, 1.807) is 13.8 Å². The highest BCUT2D eigenvalue weighted by atomic mass is 32.2. The van der Waals surface area contributed by atoms with E-state index in [9.17, 15) is 24.0 Å². The Labute approximate surface area is 173 Å². The second-order valence-electron chi connectivity index (χ2n) is 6.84. The predicted octanol–water partition coefficient (Wildman–Crippen LogP) is -1.24. The van der Waals surface area contributed by atoms with Gasteiger partial charge in [-0.25, -0.2) is 0 Å². The van der Waals surface area contributed by atoms with Crippen molar-refractivity contribution in [1.29, 1.82) is 0 Å². The van der Waals surface area contributed by atoms with Gasteiger partial charge in [0, 0.05) is 0 Å². The molecule has 0 aliphatic rings. The van der Waals surface area contributed by atoms with E-state index in [2.05, 4.69) is 16.0 Å². The van der Waals surface area contributed by atoms with E-state index in [-0.39, 0.29) is 12.3 Å². The van der Waals surface area contributed by atoms with E-state index in [0.717, 1.165) is 0 Å². The minimum Gasteiger partial charge on any atom is -0.481 e. The molecule has 0 aromatic rings. The summed E-state index contributed by atoms with van der Waals surface area (Å²) in [5, 5.41) is 24.8. The van der Waals surface area contributed by atoms with Crippen LogP contribution in [0.25, 0.3) is 0 Å². The van der Waals surface area contributed by atoms with Crippen molar-refractivity contribution in [2.24, 2.45) is 11.7 Å². The fraction of sp³-hybridized carbons (Fsp3) is 0.706. The van der Waals surface area contributed by atoms with Crippen LogP contribution in [0.4, 0.5) is 0 Å². The van der Waals surface area contributed by atoms with Crippen molar-refractivity contribution >= 4 is 41.4 Å². The number of amides is 3. The maximum atomic E-state index is 12.6. The summed E-state index contributed by atoms with van der Waals surface area (Å²) in [5.41, 5.74) is 5.79. The monoisotopic (exact) mass is 434 g/mol. The van der Waals surface area contributed by atoms with E-state index >= 15 is 0 Å². The Hall–Kier alpha value is -2.34. The molecule has 4 unspecified atom stereocenters. The summed E-state index contributed by atoms with van der Waals surface area (Å²) in [7, 11) is 0. The van der Waals surface area contributed by atoms with Gasteiger partial charge in [-0.05, 0) is 31.3 Å². The molecule has 11 nitrogen and oxygen atoms in total. The predicted molar refractivity (Wildman–Crippen MR) is 107 cm³/mol. The molecular formula is C17H30N4O7S. The maximum Gasteiger partial charge on any atom is 0.325 e. The van der Waals surface area contributed by atoms with Crippen molar-refractivity contribution in [2.75, 3.05) is 12.0 Å². The van der Waals surface area contributed by atoms with E-state index in [0.29, 0.717) is 5.75 Å². The third kappa shape index (κ3) is 10.1. The van der Waals surface area contributed by atoms with Gasteiger partial charge in [-0.2, -0.15) is 11.8 Å². The first kappa shape index (κ1) is 26.7. The molecule has 0 aliphatic heterocycles. The molecule has 0 aromatic carbocycles. The zero-order valence-corrected chi connectivity index (χ0v) is 17.7. The Morgan fingerprint density at radius 1 is 0.897 bits per heavy atom. The highest BCUT2D eigenvalue weighted by molar-refractivity contribution is 7.98. The summed E-state index contributed by atoms with van der Waals surface area (Å²) in [6.07, 6.45) is 1.29. The molecule has 0 bridgehead atoms. The topological polar surface area (TPSA) is 188 Å². The standard InChI is InChI=1S/C17H30N4O7S/c1-8(2)13(18)16(26)20-10(5-6-29-4)14(24)21-11(7-12(22)23)15(25)19-9(3)17(27)28/h8-11,13H,5-7,18H2,1-4H3,(H,19,25)(H,20,26)(H,21,24)(H,22,23)(H,27,28). The number of rotatable bonds is 13. The van der Waals surface area contributed by atoms with Crippen molar-refractivity contribution in [3.63, 3.8) is 0 Å². The molecule has 0 aromatic heterocycles. The fourth-order valence-electron chi connectivity index (χ4n) is 2.11. The van der Waals surface area contributed by atoms with Gasteiger partial charge in [-0.15, -0.1) is 0 Å². The van der Waals surface area contributed by atoms with Crippen molar-refractivity contribution < 1.29 is 34.2 Å². The molecule has 4 atom stereocenters. The lowest BCUT2D eigenvalue weighted by Gasteiger charge is -2.24. The second kappa shape index (κ2) is 13.0. The van der Waals surface area contributed by atoms with Gasteiger partial charge in [0.2, 0.25) is 17.7 Å². The average Bonchev–Trinajstić information content (AvgIpc) is 2.62. The van der Waals surface area contributed by atoms with Gasteiger partial charge in [-0.3, -0.25) is 24.0 Å². The third-order valence-electron chi connectivity index (χ3n) is 4.01. The van der Waals surface area contributed by atoms with E-state index in [1.165, 1.54) is 18.7 Å². The number of carboxylic acid groups (broad SMARTS) is 2. The number of nitrogens with one attached hydrogen (secondary N) is 3. The van der Waals surface area contributed by atoms with Gasteiger partial charge in [0.1, 0.15) is 18.1 Å². The van der Waals surface area contributed by atoms with Crippen molar-refractivity contribution in [3.8, 4) is 0 Å². The Kier molecular flexibility index (Phi) is 11.9. The second-order valence-corrected chi connectivity index (χ2v) is 7.83. The van der Waals surface area contributed by atoms with Gasteiger partial charge in [0.05, 0.1) is 12.5 Å². The normalized spacial score (nSPS) is 15.0. The Bertz CT molecular complexity index is 615. The molecule has 0 aliphatic carbocycles. The number of thioether (sulfide) groups is 1. The minimum absolute atomic E-state index is 0.165. The van der Waals surface area contributed by atoms with Gasteiger partial charge in [0.25, 0.3) is 0 Å². The SMILES string of the molecule is CSCCC(NC(=O)C(N)C(C)C)C(=O)NC(CC(=O)O)C(=O)NC(C)C(=O)O. The summed E-state index contributed by atoms with van der Waals surface area (Å²) in [4.78, 5) is 59.0. The quantitative estimate of drug-likeness (QED) is 0.206. The van der Waals surface area contributed by atoms with Crippen LogP contribution in [0.5, 0.6) is 0 Å². The first-order valence-electron chi connectivity index (χ1n) is 9.00. The summed E-state index contributed by atoms with van der Waals surface area (Å²) in [5.74, 6) is -4.58. The molecule has 0 heterocycles. The van der Waals surface area contributed by atoms with E-state index in [4.69, 9.17) is 15.9 Å². The van der Waals surface area contributed by atoms with Gasteiger partial charge in [-0.1, -0.05) is 13.8 Å². The first-order chi connectivity index (χ1) is 13.4. The first-order valence-corrected chi connectivity index (χ1v) is 10.4. The Morgan fingerprint density at radius 3 is 1.86 bits per heavy atom. The Balaban J connectivity index is 5.33. The van der Waals surface area contributed by atoms with Crippen LogP contribution in [0.3, 0.4) is 0 Å². The summed E-state index contributed by atoms with van der Waals surface area (Å²) in [6.45, 7) is 4.70. The summed E-state index contributed by atoms with van der Waals surface area (Å²) >= 11 is 1.44. The van der Waals surface area contributed by atoms with E-state index < -0.39 is 60.2 Å². The number of carboxylic acids is 2. The minimum atomic E-state index is -1.51. The molecule has 0 spiro atoms. The number of carbonyl (C=O) groups excluding carboxylic acids is 3. The molecule has 7 N–H and O–H groups in total. The highest BCUT2D eigenvalue weighted by Crippen LogP contribution is 2.05. The van der Waals surface area contributed by atoms with E-state index in [1.807, 2.05) is 6.26 Å².